The predicted octanol–water partition coefficient (Wildman–Crippen LogP) is 4.47. The molecule has 0 aliphatic carbocycles. The Morgan fingerprint density at radius 2 is 1.30 bits per heavy atom. The number of halogens is 3. The first-order chi connectivity index (χ1) is 10.3. The van der Waals surface area contributed by atoms with E-state index < -0.39 is 17.3 Å². The molecule has 0 heterocycles. The van der Waals surface area contributed by atoms with Crippen LogP contribution in [0.15, 0.2) is 24.3 Å². The second kappa shape index (κ2) is 7.22. The Bertz CT molecular complexity index is 486. The van der Waals surface area contributed by atoms with Crippen LogP contribution in [-0.4, -0.2) is 35.7 Å². The number of aliphatic hydroxyl groups is 1. The summed E-state index contributed by atoms with van der Waals surface area (Å²) >= 11 is 0. The summed E-state index contributed by atoms with van der Waals surface area (Å²) in [4.78, 5) is 2.14. The van der Waals surface area contributed by atoms with Crippen LogP contribution >= 0.6 is 0 Å². The van der Waals surface area contributed by atoms with Crippen LogP contribution in [0.5, 0.6) is 0 Å². The van der Waals surface area contributed by atoms with E-state index in [-0.39, 0.29) is 5.41 Å². The van der Waals surface area contributed by atoms with Crippen LogP contribution in [0.25, 0.3) is 0 Å². The molecule has 0 aliphatic heterocycles. The lowest BCUT2D eigenvalue weighted by Gasteiger charge is -2.29. The lowest BCUT2D eigenvalue weighted by Crippen LogP contribution is -2.31. The smallest absolute Gasteiger partial charge is 0.390 e. The number of nitrogens with zero attached hydrogens (tertiary/aromatic N) is 1. The third-order valence-corrected chi connectivity index (χ3v) is 4.22. The molecule has 1 aromatic rings. The third kappa shape index (κ3) is 6.92. The molecule has 2 nitrogen and oxygen atoms in total. The molecule has 1 N–H and O–H groups in total. The maximum absolute atomic E-state index is 12.6. The summed E-state index contributed by atoms with van der Waals surface area (Å²) in [5, 5.41) is 9.75. The molecule has 23 heavy (non-hydrogen) atoms. The van der Waals surface area contributed by atoms with Gasteiger partial charge in [0.1, 0.15) is 0 Å². The van der Waals surface area contributed by atoms with E-state index in [2.05, 4.69) is 4.90 Å². The molecule has 5 heteroatoms. The van der Waals surface area contributed by atoms with Gasteiger partial charge in [0.2, 0.25) is 0 Å². The van der Waals surface area contributed by atoms with E-state index in [1.165, 1.54) is 0 Å². The maximum atomic E-state index is 12.6. The first kappa shape index (κ1) is 20.0. The van der Waals surface area contributed by atoms with Crippen molar-refractivity contribution in [3.63, 3.8) is 0 Å². The standard InChI is InChI=1S/C18H28F3NO/c1-16(2,10-12-22(5)13-11-17(3,4)23)14-6-8-15(9-7-14)18(19,20)21/h6-9,23H,10-13H2,1-5H3. The average Bonchev–Trinajstić information content (AvgIpc) is 2.41. The highest BCUT2D eigenvalue weighted by molar-refractivity contribution is 5.29. The summed E-state index contributed by atoms with van der Waals surface area (Å²) in [5.41, 5.74) is -0.592. The minimum absolute atomic E-state index is 0.201. The molecule has 0 radical (unpaired) electrons. The SMILES string of the molecule is CN(CCC(C)(C)O)CCC(C)(C)c1ccc(C(F)(F)F)cc1. The molecular weight excluding hydrogens is 303 g/mol. The second-order valence-corrected chi connectivity index (χ2v) is 7.57. The molecule has 0 aliphatic rings. The molecule has 0 aromatic heterocycles. The molecule has 0 spiro atoms. The van der Waals surface area contributed by atoms with Crippen molar-refractivity contribution >= 4 is 0 Å². The number of hydrogen-bond donors (Lipinski definition) is 1. The summed E-state index contributed by atoms with van der Waals surface area (Å²) in [5.74, 6) is 0. The van der Waals surface area contributed by atoms with Gasteiger partial charge in [0.05, 0.1) is 11.2 Å². The molecule has 0 fully saturated rings. The zero-order valence-electron chi connectivity index (χ0n) is 14.7. The summed E-state index contributed by atoms with van der Waals surface area (Å²) < 4.78 is 37.9. The maximum Gasteiger partial charge on any atom is 0.416 e. The summed E-state index contributed by atoms with van der Waals surface area (Å²) in [6.07, 6.45) is -2.77. The molecule has 1 aromatic carbocycles. The highest BCUT2D eigenvalue weighted by atomic mass is 19.4. The quantitative estimate of drug-likeness (QED) is 0.797. The Hall–Kier alpha value is -1.07. The number of rotatable bonds is 7. The van der Waals surface area contributed by atoms with Crippen LogP contribution in [0, 0.1) is 0 Å². The van der Waals surface area contributed by atoms with Gasteiger partial charge >= 0.3 is 6.18 Å². The number of benzene rings is 1. The Balaban J connectivity index is 2.61. The highest BCUT2D eigenvalue weighted by Crippen LogP contribution is 2.32. The molecule has 0 unspecified atom stereocenters. The Kier molecular flexibility index (Phi) is 6.27. The van der Waals surface area contributed by atoms with Gasteiger partial charge in [0, 0.05) is 6.54 Å². The molecule has 0 bridgehead atoms. The van der Waals surface area contributed by atoms with Gasteiger partial charge < -0.3 is 10.0 Å². The van der Waals surface area contributed by atoms with Crippen molar-refractivity contribution in [2.45, 2.75) is 57.7 Å². The van der Waals surface area contributed by atoms with E-state index >= 15 is 0 Å². The fourth-order valence-corrected chi connectivity index (χ4v) is 2.30. The van der Waals surface area contributed by atoms with Gasteiger partial charge in [-0.05, 0) is 63.4 Å². The van der Waals surface area contributed by atoms with E-state index in [9.17, 15) is 18.3 Å². The van der Waals surface area contributed by atoms with Crippen LogP contribution in [0.2, 0.25) is 0 Å². The molecule has 0 atom stereocenters. The first-order valence-corrected chi connectivity index (χ1v) is 7.90. The topological polar surface area (TPSA) is 23.5 Å². The van der Waals surface area contributed by atoms with Crippen molar-refractivity contribution in [3.8, 4) is 0 Å². The van der Waals surface area contributed by atoms with Crippen LogP contribution in [0.1, 0.15) is 51.7 Å². The van der Waals surface area contributed by atoms with E-state index in [0.717, 1.165) is 37.2 Å². The molecule has 0 saturated heterocycles. The zero-order valence-corrected chi connectivity index (χ0v) is 14.7. The monoisotopic (exact) mass is 331 g/mol. The van der Waals surface area contributed by atoms with Crippen molar-refractivity contribution < 1.29 is 18.3 Å². The average molecular weight is 331 g/mol. The fourth-order valence-electron chi connectivity index (χ4n) is 2.30. The molecule has 0 amide bonds. The Morgan fingerprint density at radius 3 is 1.74 bits per heavy atom. The van der Waals surface area contributed by atoms with Crippen molar-refractivity contribution in [2.75, 3.05) is 20.1 Å². The Labute approximate surface area is 137 Å². The molecule has 1 rings (SSSR count). The van der Waals surface area contributed by atoms with Crippen molar-refractivity contribution in [2.24, 2.45) is 0 Å². The molecular formula is C18H28F3NO. The van der Waals surface area contributed by atoms with E-state index in [0.29, 0.717) is 6.42 Å². The van der Waals surface area contributed by atoms with Gasteiger partial charge in [-0.3, -0.25) is 0 Å². The van der Waals surface area contributed by atoms with Crippen molar-refractivity contribution in [3.05, 3.63) is 35.4 Å². The highest BCUT2D eigenvalue weighted by Gasteiger charge is 2.31. The van der Waals surface area contributed by atoms with E-state index in [4.69, 9.17) is 0 Å². The summed E-state index contributed by atoms with van der Waals surface area (Å²) in [7, 11) is 1.99. The Morgan fingerprint density at radius 1 is 0.870 bits per heavy atom. The number of alkyl halides is 3. The van der Waals surface area contributed by atoms with Crippen LogP contribution < -0.4 is 0 Å². The van der Waals surface area contributed by atoms with Gasteiger partial charge in [0.15, 0.2) is 0 Å². The van der Waals surface area contributed by atoms with Gasteiger partial charge in [-0.15, -0.1) is 0 Å². The zero-order chi connectivity index (χ0) is 17.9. The van der Waals surface area contributed by atoms with Crippen LogP contribution in [0.3, 0.4) is 0 Å². The minimum Gasteiger partial charge on any atom is -0.390 e. The fraction of sp³-hybridized carbons (Fsp3) is 0.667. The van der Waals surface area contributed by atoms with E-state index in [1.54, 1.807) is 26.0 Å². The van der Waals surface area contributed by atoms with Crippen molar-refractivity contribution in [1.29, 1.82) is 0 Å². The van der Waals surface area contributed by atoms with Crippen LogP contribution in [-0.2, 0) is 11.6 Å². The van der Waals surface area contributed by atoms with Gasteiger partial charge in [-0.1, -0.05) is 26.0 Å². The van der Waals surface area contributed by atoms with Gasteiger partial charge in [-0.25, -0.2) is 0 Å². The number of hydrogen-bond acceptors (Lipinski definition) is 2. The first-order valence-electron chi connectivity index (χ1n) is 7.90. The van der Waals surface area contributed by atoms with E-state index in [1.807, 2.05) is 20.9 Å². The summed E-state index contributed by atoms with van der Waals surface area (Å²) in [6, 6.07) is 5.43. The minimum atomic E-state index is -4.29. The molecule has 132 valence electrons. The lowest BCUT2D eigenvalue weighted by atomic mass is 9.81. The van der Waals surface area contributed by atoms with Crippen molar-refractivity contribution in [1.82, 2.24) is 4.90 Å². The largest absolute Gasteiger partial charge is 0.416 e. The second-order valence-electron chi connectivity index (χ2n) is 7.57. The normalized spacial score (nSPS) is 13.7. The van der Waals surface area contributed by atoms with Gasteiger partial charge in [0.25, 0.3) is 0 Å². The third-order valence-electron chi connectivity index (χ3n) is 4.22. The lowest BCUT2D eigenvalue weighted by molar-refractivity contribution is -0.137. The van der Waals surface area contributed by atoms with Crippen LogP contribution in [0.4, 0.5) is 13.2 Å². The molecule has 0 saturated carbocycles. The summed E-state index contributed by atoms with van der Waals surface area (Å²) in [6.45, 7) is 9.26. The van der Waals surface area contributed by atoms with Gasteiger partial charge in [-0.2, -0.15) is 13.2 Å². The predicted molar refractivity (Wildman–Crippen MR) is 87.5 cm³/mol.